The number of pyridine rings is 1. The molecule has 2 aromatic rings. The van der Waals surface area contributed by atoms with E-state index in [9.17, 15) is 0 Å². The van der Waals surface area contributed by atoms with Gasteiger partial charge >= 0.3 is 0 Å². The van der Waals surface area contributed by atoms with Crippen LogP contribution in [0.25, 0.3) is 11.1 Å². The first-order valence-corrected chi connectivity index (χ1v) is 4.51. The highest BCUT2D eigenvalue weighted by Gasteiger charge is 2.02. The van der Waals surface area contributed by atoms with Gasteiger partial charge < -0.3 is 5.11 Å². The van der Waals surface area contributed by atoms with Gasteiger partial charge in [-0.2, -0.15) is 0 Å². The third-order valence-corrected chi connectivity index (χ3v) is 2.17. The maximum absolute atomic E-state index is 9.15. The van der Waals surface area contributed by atoms with Gasteiger partial charge in [0.15, 0.2) is 0 Å². The summed E-state index contributed by atoms with van der Waals surface area (Å²) in [6.07, 6.45) is 3.47. The van der Waals surface area contributed by atoms with E-state index in [2.05, 4.69) is 4.98 Å². The summed E-state index contributed by atoms with van der Waals surface area (Å²) in [6, 6.07) is 11.8. The third kappa shape index (κ3) is 1.65. The van der Waals surface area contributed by atoms with Crippen molar-refractivity contribution in [1.82, 2.24) is 4.98 Å². The molecule has 0 spiro atoms. The Morgan fingerprint density at radius 3 is 2.57 bits per heavy atom. The molecule has 1 N–H and O–H groups in total. The van der Waals surface area contributed by atoms with Gasteiger partial charge in [0, 0.05) is 18.0 Å². The van der Waals surface area contributed by atoms with E-state index in [-0.39, 0.29) is 6.61 Å². The molecule has 1 heterocycles. The molecule has 0 amide bonds. The normalized spacial score (nSPS) is 10.1. The van der Waals surface area contributed by atoms with Crippen molar-refractivity contribution in [1.29, 1.82) is 0 Å². The first-order chi connectivity index (χ1) is 6.92. The van der Waals surface area contributed by atoms with E-state index in [1.54, 1.807) is 12.4 Å². The molecule has 0 saturated carbocycles. The van der Waals surface area contributed by atoms with Gasteiger partial charge in [0.1, 0.15) is 0 Å². The molecule has 1 aromatic carbocycles. The average Bonchev–Trinajstić information content (AvgIpc) is 2.30. The monoisotopic (exact) mass is 185 g/mol. The van der Waals surface area contributed by atoms with Crippen molar-refractivity contribution in [2.45, 2.75) is 6.61 Å². The minimum atomic E-state index is 0.0484. The van der Waals surface area contributed by atoms with Crippen molar-refractivity contribution in [3.63, 3.8) is 0 Å². The third-order valence-electron chi connectivity index (χ3n) is 2.17. The number of hydrogen-bond donors (Lipinski definition) is 1. The Bertz CT molecular complexity index is 412. The molecular formula is C12H11NO. The summed E-state index contributed by atoms with van der Waals surface area (Å²) in [5, 5.41) is 9.15. The molecule has 1 aromatic heterocycles. The van der Waals surface area contributed by atoms with Gasteiger partial charge in [-0.05, 0) is 17.2 Å². The zero-order valence-electron chi connectivity index (χ0n) is 7.72. The summed E-state index contributed by atoms with van der Waals surface area (Å²) in [5.74, 6) is 0. The maximum atomic E-state index is 9.15. The van der Waals surface area contributed by atoms with Gasteiger partial charge in [-0.25, -0.2) is 0 Å². The number of nitrogens with zero attached hydrogens (tertiary/aromatic N) is 1. The zero-order chi connectivity index (χ0) is 9.80. The SMILES string of the molecule is OCc1ccncc1-c1ccccc1. The van der Waals surface area contributed by atoms with Crippen molar-refractivity contribution in [2.24, 2.45) is 0 Å². The Labute approximate surface area is 82.9 Å². The fourth-order valence-corrected chi connectivity index (χ4v) is 1.44. The second kappa shape index (κ2) is 4.03. The van der Waals surface area contributed by atoms with Gasteiger partial charge in [-0.3, -0.25) is 4.98 Å². The summed E-state index contributed by atoms with van der Waals surface area (Å²) in [7, 11) is 0. The number of benzene rings is 1. The number of aromatic nitrogens is 1. The van der Waals surface area contributed by atoms with Crippen molar-refractivity contribution in [3.05, 3.63) is 54.4 Å². The van der Waals surface area contributed by atoms with Crippen molar-refractivity contribution in [3.8, 4) is 11.1 Å². The van der Waals surface area contributed by atoms with E-state index in [0.29, 0.717) is 0 Å². The van der Waals surface area contributed by atoms with Crippen LogP contribution in [0, 0.1) is 0 Å². The Morgan fingerprint density at radius 1 is 1.07 bits per heavy atom. The Balaban J connectivity index is 2.51. The summed E-state index contributed by atoms with van der Waals surface area (Å²) >= 11 is 0. The van der Waals surface area contributed by atoms with Crippen LogP contribution in [0.4, 0.5) is 0 Å². The summed E-state index contributed by atoms with van der Waals surface area (Å²) in [6.45, 7) is 0.0484. The smallest absolute Gasteiger partial charge is 0.0689 e. The molecule has 0 aliphatic rings. The highest BCUT2D eigenvalue weighted by Crippen LogP contribution is 2.21. The van der Waals surface area contributed by atoms with Gasteiger partial charge in [-0.15, -0.1) is 0 Å². The van der Waals surface area contributed by atoms with E-state index in [0.717, 1.165) is 16.7 Å². The fourth-order valence-electron chi connectivity index (χ4n) is 1.44. The van der Waals surface area contributed by atoms with E-state index >= 15 is 0 Å². The summed E-state index contributed by atoms with van der Waals surface area (Å²) in [5.41, 5.74) is 2.99. The lowest BCUT2D eigenvalue weighted by Crippen LogP contribution is -1.89. The van der Waals surface area contributed by atoms with Crippen LogP contribution < -0.4 is 0 Å². The molecule has 0 aliphatic carbocycles. The van der Waals surface area contributed by atoms with E-state index in [4.69, 9.17) is 5.11 Å². The van der Waals surface area contributed by atoms with Gasteiger partial charge in [0.2, 0.25) is 0 Å². The van der Waals surface area contributed by atoms with Crippen LogP contribution in [0.2, 0.25) is 0 Å². The summed E-state index contributed by atoms with van der Waals surface area (Å²) in [4.78, 5) is 4.06. The highest BCUT2D eigenvalue weighted by molar-refractivity contribution is 5.65. The molecular weight excluding hydrogens is 174 g/mol. The number of aliphatic hydroxyl groups excluding tert-OH is 1. The van der Waals surface area contributed by atoms with Crippen LogP contribution in [0.1, 0.15) is 5.56 Å². The van der Waals surface area contributed by atoms with Gasteiger partial charge in [-0.1, -0.05) is 30.3 Å². The minimum absolute atomic E-state index is 0.0484. The molecule has 0 bridgehead atoms. The second-order valence-corrected chi connectivity index (χ2v) is 3.06. The van der Waals surface area contributed by atoms with E-state index in [1.165, 1.54) is 0 Å². The van der Waals surface area contributed by atoms with Crippen molar-refractivity contribution in [2.75, 3.05) is 0 Å². The standard InChI is InChI=1S/C12H11NO/c14-9-11-6-7-13-8-12(11)10-4-2-1-3-5-10/h1-8,14H,9H2. The average molecular weight is 185 g/mol. The minimum Gasteiger partial charge on any atom is -0.392 e. The Morgan fingerprint density at radius 2 is 1.86 bits per heavy atom. The molecule has 70 valence electrons. The van der Waals surface area contributed by atoms with E-state index in [1.807, 2.05) is 36.4 Å². The topological polar surface area (TPSA) is 33.1 Å². The first-order valence-electron chi connectivity index (χ1n) is 4.51. The maximum Gasteiger partial charge on any atom is 0.0689 e. The molecule has 0 aliphatic heterocycles. The molecule has 14 heavy (non-hydrogen) atoms. The molecule has 2 nitrogen and oxygen atoms in total. The number of rotatable bonds is 2. The van der Waals surface area contributed by atoms with Crippen LogP contribution >= 0.6 is 0 Å². The van der Waals surface area contributed by atoms with Gasteiger partial charge in [0.25, 0.3) is 0 Å². The van der Waals surface area contributed by atoms with Crippen molar-refractivity contribution >= 4 is 0 Å². The van der Waals surface area contributed by atoms with Gasteiger partial charge in [0.05, 0.1) is 6.61 Å². The molecule has 2 heteroatoms. The van der Waals surface area contributed by atoms with Crippen LogP contribution in [0.5, 0.6) is 0 Å². The Hall–Kier alpha value is -1.67. The van der Waals surface area contributed by atoms with Crippen LogP contribution in [0.15, 0.2) is 48.8 Å². The van der Waals surface area contributed by atoms with Crippen LogP contribution in [0.3, 0.4) is 0 Å². The first kappa shape index (κ1) is 8.91. The predicted molar refractivity (Wildman–Crippen MR) is 55.6 cm³/mol. The molecule has 0 saturated heterocycles. The van der Waals surface area contributed by atoms with Crippen LogP contribution in [-0.4, -0.2) is 10.1 Å². The van der Waals surface area contributed by atoms with E-state index < -0.39 is 0 Å². The highest BCUT2D eigenvalue weighted by atomic mass is 16.3. The quantitative estimate of drug-likeness (QED) is 0.778. The van der Waals surface area contributed by atoms with Crippen molar-refractivity contribution < 1.29 is 5.11 Å². The number of hydrogen-bond acceptors (Lipinski definition) is 2. The summed E-state index contributed by atoms with van der Waals surface area (Å²) < 4.78 is 0. The molecule has 0 unspecified atom stereocenters. The second-order valence-electron chi connectivity index (χ2n) is 3.06. The molecule has 2 rings (SSSR count). The fraction of sp³-hybridized carbons (Fsp3) is 0.0833. The largest absolute Gasteiger partial charge is 0.392 e. The number of aliphatic hydroxyl groups is 1. The van der Waals surface area contributed by atoms with Crippen LogP contribution in [-0.2, 0) is 6.61 Å². The lowest BCUT2D eigenvalue weighted by molar-refractivity contribution is 0.282. The predicted octanol–water partition coefficient (Wildman–Crippen LogP) is 2.24. The lowest BCUT2D eigenvalue weighted by Gasteiger charge is -2.05. The lowest BCUT2D eigenvalue weighted by atomic mass is 10.0. The molecule has 0 atom stereocenters. The Kier molecular flexibility index (Phi) is 2.56. The molecule has 0 radical (unpaired) electrons. The molecule has 0 fully saturated rings. The zero-order valence-corrected chi connectivity index (χ0v) is 7.72.